The van der Waals surface area contributed by atoms with Gasteiger partial charge in [-0.2, -0.15) is 0 Å². The summed E-state index contributed by atoms with van der Waals surface area (Å²) in [5.41, 5.74) is 1.84. The van der Waals surface area contributed by atoms with Gasteiger partial charge in [0.15, 0.2) is 0 Å². The number of piperidine rings is 1. The first-order valence-electron chi connectivity index (χ1n) is 8.07. The lowest BCUT2D eigenvalue weighted by Gasteiger charge is -2.39. The molecule has 1 fully saturated rings. The van der Waals surface area contributed by atoms with E-state index in [1.165, 1.54) is 6.42 Å². The van der Waals surface area contributed by atoms with Crippen LogP contribution in [0.5, 0.6) is 0 Å². The minimum Gasteiger partial charge on any atom is -0.339 e. The van der Waals surface area contributed by atoms with E-state index in [0.29, 0.717) is 13.1 Å². The number of amides is 2. The standard InChI is InChI=1S/C17H23N3O2/c1-12-6-3-4-9-20(12)17(22)15-11-19(13(2)21)10-14-7-5-8-18-16(14)15/h5,7-8,12,15H,3-4,6,9-11H2,1-2H3. The van der Waals surface area contributed by atoms with Crippen LogP contribution in [-0.2, 0) is 16.1 Å². The highest BCUT2D eigenvalue weighted by molar-refractivity contribution is 5.86. The maximum Gasteiger partial charge on any atom is 0.233 e. The molecule has 3 rings (SSSR count). The second-order valence-corrected chi connectivity index (χ2v) is 6.38. The molecule has 0 aromatic carbocycles. The number of hydrogen-bond donors (Lipinski definition) is 0. The second kappa shape index (κ2) is 6.07. The van der Waals surface area contributed by atoms with Gasteiger partial charge in [-0.25, -0.2) is 0 Å². The molecule has 2 aliphatic heterocycles. The van der Waals surface area contributed by atoms with Gasteiger partial charge < -0.3 is 9.80 Å². The Balaban J connectivity index is 1.90. The summed E-state index contributed by atoms with van der Waals surface area (Å²) in [4.78, 5) is 33.0. The predicted octanol–water partition coefficient (Wildman–Crippen LogP) is 1.93. The molecule has 0 N–H and O–H groups in total. The third-order valence-corrected chi connectivity index (χ3v) is 4.85. The van der Waals surface area contributed by atoms with Crippen molar-refractivity contribution in [2.75, 3.05) is 13.1 Å². The van der Waals surface area contributed by atoms with E-state index < -0.39 is 0 Å². The smallest absolute Gasteiger partial charge is 0.233 e. The van der Waals surface area contributed by atoms with Crippen molar-refractivity contribution in [2.45, 2.75) is 51.6 Å². The van der Waals surface area contributed by atoms with Crippen LogP contribution in [0.15, 0.2) is 18.3 Å². The SMILES string of the molecule is CC(=O)N1Cc2cccnc2C(C(=O)N2CCCCC2C)C1. The lowest BCUT2D eigenvalue weighted by molar-refractivity contribution is -0.138. The normalized spacial score (nSPS) is 24.8. The van der Waals surface area contributed by atoms with Crippen LogP contribution in [0.2, 0.25) is 0 Å². The Morgan fingerprint density at radius 2 is 2.14 bits per heavy atom. The van der Waals surface area contributed by atoms with Gasteiger partial charge in [0.1, 0.15) is 0 Å². The molecule has 1 saturated heterocycles. The van der Waals surface area contributed by atoms with Crippen molar-refractivity contribution >= 4 is 11.8 Å². The molecule has 5 nitrogen and oxygen atoms in total. The van der Waals surface area contributed by atoms with Crippen molar-refractivity contribution in [3.8, 4) is 0 Å². The summed E-state index contributed by atoms with van der Waals surface area (Å²) < 4.78 is 0. The van der Waals surface area contributed by atoms with Crippen LogP contribution >= 0.6 is 0 Å². The van der Waals surface area contributed by atoms with Crippen LogP contribution in [0.3, 0.4) is 0 Å². The van der Waals surface area contributed by atoms with Crippen LogP contribution < -0.4 is 0 Å². The zero-order chi connectivity index (χ0) is 15.7. The van der Waals surface area contributed by atoms with Crippen LogP contribution in [0.25, 0.3) is 0 Å². The number of aromatic nitrogens is 1. The molecule has 0 bridgehead atoms. The summed E-state index contributed by atoms with van der Waals surface area (Å²) in [6.07, 6.45) is 5.05. The molecule has 2 atom stereocenters. The Bertz CT molecular complexity index is 587. The van der Waals surface area contributed by atoms with Crippen molar-refractivity contribution in [1.82, 2.24) is 14.8 Å². The maximum absolute atomic E-state index is 13.0. The lowest BCUT2D eigenvalue weighted by atomic mass is 9.91. The van der Waals surface area contributed by atoms with E-state index in [1.807, 2.05) is 17.0 Å². The molecule has 0 saturated carbocycles. The molecule has 0 spiro atoms. The van der Waals surface area contributed by atoms with Gasteiger partial charge in [-0.15, -0.1) is 0 Å². The minimum absolute atomic E-state index is 0.0130. The van der Waals surface area contributed by atoms with Gasteiger partial charge >= 0.3 is 0 Å². The van der Waals surface area contributed by atoms with Crippen LogP contribution in [0.1, 0.15) is 50.3 Å². The average Bonchev–Trinajstić information content (AvgIpc) is 2.53. The first kappa shape index (κ1) is 15.0. The number of nitrogens with zero attached hydrogens (tertiary/aromatic N) is 3. The minimum atomic E-state index is -0.325. The zero-order valence-corrected chi connectivity index (χ0v) is 13.3. The molecule has 3 heterocycles. The fourth-order valence-electron chi connectivity index (χ4n) is 3.54. The number of fused-ring (bicyclic) bond motifs is 1. The summed E-state index contributed by atoms with van der Waals surface area (Å²) in [6.45, 7) is 5.49. The first-order valence-corrected chi connectivity index (χ1v) is 8.07. The molecule has 22 heavy (non-hydrogen) atoms. The van der Waals surface area contributed by atoms with Crippen molar-refractivity contribution in [3.05, 3.63) is 29.6 Å². The average molecular weight is 301 g/mol. The van der Waals surface area contributed by atoms with E-state index in [2.05, 4.69) is 11.9 Å². The number of hydrogen-bond acceptors (Lipinski definition) is 3. The highest BCUT2D eigenvalue weighted by Gasteiger charge is 2.37. The molecular weight excluding hydrogens is 278 g/mol. The lowest BCUT2D eigenvalue weighted by Crippen LogP contribution is -2.49. The molecule has 1 aromatic rings. The highest BCUT2D eigenvalue weighted by atomic mass is 16.2. The predicted molar refractivity (Wildman–Crippen MR) is 83.1 cm³/mol. The summed E-state index contributed by atoms with van der Waals surface area (Å²) in [5, 5.41) is 0. The van der Waals surface area contributed by atoms with E-state index in [4.69, 9.17) is 0 Å². The van der Waals surface area contributed by atoms with Gasteiger partial charge in [0, 0.05) is 38.8 Å². The molecule has 118 valence electrons. The van der Waals surface area contributed by atoms with E-state index >= 15 is 0 Å². The van der Waals surface area contributed by atoms with E-state index in [1.54, 1.807) is 18.0 Å². The first-order chi connectivity index (χ1) is 10.6. The highest BCUT2D eigenvalue weighted by Crippen LogP contribution is 2.30. The van der Waals surface area contributed by atoms with Crippen molar-refractivity contribution in [2.24, 2.45) is 0 Å². The Morgan fingerprint density at radius 3 is 2.86 bits per heavy atom. The second-order valence-electron chi connectivity index (χ2n) is 6.38. The van der Waals surface area contributed by atoms with E-state index in [-0.39, 0.29) is 23.8 Å². The number of carbonyl (C=O) groups is 2. The van der Waals surface area contributed by atoms with Crippen molar-refractivity contribution in [1.29, 1.82) is 0 Å². The molecule has 2 aliphatic rings. The largest absolute Gasteiger partial charge is 0.339 e. The number of carbonyl (C=O) groups excluding carboxylic acids is 2. The van der Waals surface area contributed by atoms with Crippen molar-refractivity contribution in [3.63, 3.8) is 0 Å². The summed E-state index contributed by atoms with van der Waals surface area (Å²) in [5.74, 6) is -0.188. The fraction of sp³-hybridized carbons (Fsp3) is 0.588. The molecule has 2 unspecified atom stereocenters. The molecular formula is C17H23N3O2. The topological polar surface area (TPSA) is 53.5 Å². The maximum atomic E-state index is 13.0. The monoisotopic (exact) mass is 301 g/mol. The quantitative estimate of drug-likeness (QED) is 0.796. The third-order valence-electron chi connectivity index (χ3n) is 4.85. The number of likely N-dealkylation sites (tertiary alicyclic amines) is 1. The van der Waals surface area contributed by atoms with Crippen LogP contribution in [0, 0.1) is 0 Å². The fourth-order valence-corrected chi connectivity index (χ4v) is 3.54. The Hall–Kier alpha value is -1.91. The molecule has 0 radical (unpaired) electrons. The third kappa shape index (κ3) is 2.72. The number of rotatable bonds is 1. The zero-order valence-electron chi connectivity index (χ0n) is 13.3. The van der Waals surface area contributed by atoms with Gasteiger partial charge in [0.25, 0.3) is 0 Å². The van der Waals surface area contributed by atoms with Gasteiger partial charge in [-0.1, -0.05) is 6.07 Å². The van der Waals surface area contributed by atoms with Gasteiger partial charge in [0.2, 0.25) is 11.8 Å². The van der Waals surface area contributed by atoms with Gasteiger partial charge in [-0.3, -0.25) is 14.6 Å². The summed E-state index contributed by atoms with van der Waals surface area (Å²) in [7, 11) is 0. The molecule has 1 aromatic heterocycles. The van der Waals surface area contributed by atoms with Crippen LogP contribution in [-0.4, -0.2) is 45.7 Å². The summed E-state index contributed by atoms with van der Waals surface area (Å²) >= 11 is 0. The van der Waals surface area contributed by atoms with Crippen molar-refractivity contribution < 1.29 is 9.59 Å². The Kier molecular flexibility index (Phi) is 4.14. The van der Waals surface area contributed by atoms with Gasteiger partial charge in [0.05, 0.1) is 11.6 Å². The molecule has 2 amide bonds. The Labute approximate surface area is 131 Å². The van der Waals surface area contributed by atoms with E-state index in [9.17, 15) is 9.59 Å². The van der Waals surface area contributed by atoms with Crippen LogP contribution in [0.4, 0.5) is 0 Å². The molecule has 0 aliphatic carbocycles. The van der Waals surface area contributed by atoms with Gasteiger partial charge in [-0.05, 0) is 37.8 Å². The summed E-state index contributed by atoms with van der Waals surface area (Å²) in [6, 6.07) is 4.12. The number of pyridine rings is 1. The van der Waals surface area contributed by atoms with E-state index in [0.717, 1.165) is 30.6 Å². The molecule has 5 heteroatoms. The Morgan fingerprint density at radius 1 is 1.32 bits per heavy atom.